The number of fused-ring (bicyclic) bond motifs is 1. The molecule has 3 aromatic rings. The van der Waals surface area contributed by atoms with Gasteiger partial charge < -0.3 is 9.63 Å². The van der Waals surface area contributed by atoms with Crippen LogP contribution in [0.5, 0.6) is 0 Å². The van der Waals surface area contributed by atoms with Crippen LogP contribution in [0.2, 0.25) is 0 Å². The molecule has 6 heteroatoms. The second-order valence-electron chi connectivity index (χ2n) is 5.12. The van der Waals surface area contributed by atoms with E-state index < -0.39 is 5.97 Å². The monoisotopic (exact) mass is 281 g/mol. The minimum atomic E-state index is -0.997. The fraction of sp³-hybridized carbons (Fsp3) is 0.200. The van der Waals surface area contributed by atoms with E-state index in [4.69, 9.17) is 4.52 Å². The maximum Gasteiger partial charge on any atom is 0.336 e. The predicted molar refractivity (Wildman–Crippen MR) is 74.0 cm³/mol. The highest BCUT2D eigenvalue weighted by atomic mass is 16.5. The van der Waals surface area contributed by atoms with Crippen LogP contribution in [0.1, 0.15) is 34.8 Å². The molecule has 0 spiro atoms. The van der Waals surface area contributed by atoms with Gasteiger partial charge in [0.25, 0.3) is 5.71 Å². The van der Waals surface area contributed by atoms with Crippen molar-refractivity contribution in [2.75, 3.05) is 0 Å². The minimum Gasteiger partial charge on any atom is -0.478 e. The first-order chi connectivity index (χ1) is 10.2. The molecule has 0 atom stereocenters. The maximum absolute atomic E-state index is 11.6. The van der Waals surface area contributed by atoms with Crippen LogP contribution in [0.4, 0.5) is 0 Å². The van der Waals surface area contributed by atoms with Crippen LogP contribution >= 0.6 is 0 Å². The normalized spacial score (nSPS) is 14.5. The van der Waals surface area contributed by atoms with Gasteiger partial charge in [-0.25, -0.2) is 9.78 Å². The minimum absolute atomic E-state index is 0.190. The molecule has 1 N–H and O–H groups in total. The molecular weight excluding hydrogens is 270 g/mol. The lowest BCUT2D eigenvalue weighted by Gasteiger charge is -2.03. The van der Waals surface area contributed by atoms with Gasteiger partial charge in [-0.15, -0.1) is 0 Å². The number of carbonyl (C=O) groups is 1. The fourth-order valence-corrected chi connectivity index (χ4v) is 2.45. The van der Waals surface area contributed by atoms with E-state index in [1.54, 1.807) is 30.6 Å². The first-order valence-corrected chi connectivity index (χ1v) is 6.68. The standard InChI is InChI=1S/C15H11N3O3/c19-15(20)10-7-11(8-3-5-16-6-4-8)17-14-12(10)13(18-21-14)9-1-2-9/h3-7,9H,1-2H2,(H,19,20). The molecule has 21 heavy (non-hydrogen) atoms. The molecule has 1 fully saturated rings. The molecule has 1 aliphatic rings. The van der Waals surface area contributed by atoms with E-state index >= 15 is 0 Å². The molecule has 0 saturated heterocycles. The summed E-state index contributed by atoms with van der Waals surface area (Å²) >= 11 is 0. The third-order valence-corrected chi connectivity index (χ3v) is 3.64. The maximum atomic E-state index is 11.6. The van der Waals surface area contributed by atoms with Crippen molar-refractivity contribution >= 4 is 17.1 Å². The van der Waals surface area contributed by atoms with Crippen LogP contribution in [0.25, 0.3) is 22.4 Å². The van der Waals surface area contributed by atoms with E-state index in [0.29, 0.717) is 17.0 Å². The van der Waals surface area contributed by atoms with Gasteiger partial charge in [0, 0.05) is 23.9 Å². The number of aromatic carboxylic acids is 1. The predicted octanol–water partition coefficient (Wildman–Crippen LogP) is 2.86. The van der Waals surface area contributed by atoms with Crippen molar-refractivity contribution in [2.24, 2.45) is 0 Å². The molecule has 0 radical (unpaired) electrons. The lowest BCUT2D eigenvalue weighted by molar-refractivity contribution is 0.0699. The zero-order chi connectivity index (χ0) is 14.4. The van der Waals surface area contributed by atoms with Gasteiger partial charge in [0.2, 0.25) is 0 Å². The van der Waals surface area contributed by atoms with Gasteiger partial charge in [0.15, 0.2) is 0 Å². The van der Waals surface area contributed by atoms with E-state index in [9.17, 15) is 9.90 Å². The van der Waals surface area contributed by atoms with Crippen molar-refractivity contribution in [3.63, 3.8) is 0 Å². The van der Waals surface area contributed by atoms with Crippen molar-refractivity contribution in [1.29, 1.82) is 0 Å². The molecule has 3 heterocycles. The van der Waals surface area contributed by atoms with Crippen molar-refractivity contribution in [1.82, 2.24) is 15.1 Å². The Morgan fingerprint density at radius 1 is 1.29 bits per heavy atom. The Hall–Kier alpha value is -2.76. The Labute approximate surface area is 119 Å². The van der Waals surface area contributed by atoms with Gasteiger partial charge in [-0.3, -0.25) is 4.98 Å². The van der Waals surface area contributed by atoms with Crippen LogP contribution in [-0.4, -0.2) is 26.2 Å². The van der Waals surface area contributed by atoms with Crippen molar-refractivity contribution < 1.29 is 14.4 Å². The van der Waals surface area contributed by atoms with E-state index in [1.807, 2.05) is 0 Å². The average Bonchev–Trinajstić information content (AvgIpc) is 3.26. The van der Waals surface area contributed by atoms with E-state index in [1.165, 1.54) is 0 Å². The van der Waals surface area contributed by atoms with E-state index in [2.05, 4.69) is 15.1 Å². The van der Waals surface area contributed by atoms with E-state index in [0.717, 1.165) is 24.1 Å². The number of aromatic nitrogens is 3. The van der Waals surface area contributed by atoms with Crippen molar-refractivity contribution in [2.45, 2.75) is 18.8 Å². The summed E-state index contributed by atoms with van der Waals surface area (Å²) in [5, 5.41) is 14.0. The Bertz CT molecular complexity index is 838. The summed E-state index contributed by atoms with van der Waals surface area (Å²) < 4.78 is 5.26. The van der Waals surface area contributed by atoms with Crippen LogP contribution < -0.4 is 0 Å². The van der Waals surface area contributed by atoms with Gasteiger partial charge in [-0.1, -0.05) is 5.16 Å². The van der Waals surface area contributed by atoms with Gasteiger partial charge in [0.1, 0.15) is 0 Å². The molecule has 1 saturated carbocycles. The molecule has 0 bridgehead atoms. The number of carboxylic acids is 1. The molecule has 1 aliphatic carbocycles. The van der Waals surface area contributed by atoms with Gasteiger partial charge >= 0.3 is 5.97 Å². The lowest BCUT2D eigenvalue weighted by Crippen LogP contribution is -2.00. The number of pyridine rings is 2. The van der Waals surface area contributed by atoms with Gasteiger partial charge in [0.05, 0.1) is 22.3 Å². The van der Waals surface area contributed by atoms with Crippen molar-refractivity contribution in [3.8, 4) is 11.3 Å². The summed E-state index contributed by atoms with van der Waals surface area (Å²) in [5.74, 6) is -0.694. The summed E-state index contributed by atoms with van der Waals surface area (Å²) in [5.41, 5.74) is 2.52. The molecule has 0 unspecified atom stereocenters. The molecule has 3 aromatic heterocycles. The first kappa shape index (κ1) is 12.0. The lowest BCUT2D eigenvalue weighted by atomic mass is 10.0. The topological polar surface area (TPSA) is 89.1 Å². The highest BCUT2D eigenvalue weighted by Gasteiger charge is 2.32. The van der Waals surface area contributed by atoms with E-state index in [-0.39, 0.29) is 11.3 Å². The summed E-state index contributed by atoms with van der Waals surface area (Å²) in [6, 6.07) is 5.12. The van der Waals surface area contributed by atoms with Gasteiger partial charge in [-0.05, 0) is 31.0 Å². The highest BCUT2D eigenvalue weighted by molar-refractivity contribution is 6.03. The molecule has 6 nitrogen and oxygen atoms in total. The SMILES string of the molecule is O=C(O)c1cc(-c2ccncc2)nc2onc(C3CC3)c12. The zero-order valence-corrected chi connectivity index (χ0v) is 11.0. The highest BCUT2D eigenvalue weighted by Crippen LogP contribution is 2.43. The van der Waals surface area contributed by atoms with Crippen LogP contribution in [0.3, 0.4) is 0 Å². The van der Waals surface area contributed by atoms with Crippen molar-refractivity contribution in [3.05, 3.63) is 41.9 Å². The Balaban J connectivity index is 1.98. The van der Waals surface area contributed by atoms with Crippen LogP contribution in [0.15, 0.2) is 35.1 Å². The van der Waals surface area contributed by atoms with Gasteiger partial charge in [-0.2, -0.15) is 0 Å². The quantitative estimate of drug-likeness (QED) is 0.794. The third-order valence-electron chi connectivity index (χ3n) is 3.64. The number of carboxylic acid groups (broad SMARTS) is 1. The third kappa shape index (κ3) is 1.96. The number of hydrogen-bond acceptors (Lipinski definition) is 5. The molecule has 0 aromatic carbocycles. The average molecular weight is 281 g/mol. The summed E-state index contributed by atoms with van der Waals surface area (Å²) in [6.07, 6.45) is 5.31. The summed E-state index contributed by atoms with van der Waals surface area (Å²) in [4.78, 5) is 19.9. The largest absolute Gasteiger partial charge is 0.478 e. The number of rotatable bonds is 3. The molecule has 104 valence electrons. The van der Waals surface area contributed by atoms with Crippen LogP contribution in [0, 0.1) is 0 Å². The number of nitrogens with zero attached hydrogens (tertiary/aromatic N) is 3. The molecular formula is C15H11N3O3. The number of hydrogen-bond donors (Lipinski definition) is 1. The molecule has 4 rings (SSSR count). The Kier molecular flexibility index (Phi) is 2.50. The molecule has 0 aliphatic heterocycles. The molecule has 0 amide bonds. The van der Waals surface area contributed by atoms with Crippen LogP contribution in [-0.2, 0) is 0 Å². The fourth-order valence-electron chi connectivity index (χ4n) is 2.45. The Morgan fingerprint density at radius 3 is 2.71 bits per heavy atom. The second-order valence-corrected chi connectivity index (χ2v) is 5.12. The summed E-state index contributed by atoms with van der Waals surface area (Å²) in [6.45, 7) is 0. The Morgan fingerprint density at radius 2 is 2.05 bits per heavy atom. The second kappa shape index (κ2) is 4.37. The smallest absolute Gasteiger partial charge is 0.336 e. The zero-order valence-electron chi connectivity index (χ0n) is 11.0. The first-order valence-electron chi connectivity index (χ1n) is 6.68. The summed E-state index contributed by atoms with van der Waals surface area (Å²) in [7, 11) is 0.